The molecule has 0 spiro atoms. The number of guanidine groups is 1. The molecule has 0 bridgehead atoms. The van der Waals surface area contributed by atoms with E-state index in [4.69, 9.17) is 14.0 Å². The predicted molar refractivity (Wildman–Crippen MR) is 116 cm³/mol. The fourth-order valence-corrected chi connectivity index (χ4v) is 3.06. The van der Waals surface area contributed by atoms with Gasteiger partial charge in [0.05, 0.1) is 19.8 Å². The number of nitrogens with one attached hydrogen (secondary N) is 2. The molecular formula is C22H33N5O3. The molecule has 1 aliphatic heterocycles. The molecule has 1 aromatic heterocycles. The Morgan fingerprint density at radius 1 is 1.27 bits per heavy atom. The van der Waals surface area contributed by atoms with E-state index >= 15 is 0 Å². The van der Waals surface area contributed by atoms with E-state index in [-0.39, 0.29) is 5.41 Å². The molecule has 0 amide bonds. The Morgan fingerprint density at radius 3 is 2.73 bits per heavy atom. The van der Waals surface area contributed by atoms with Crippen LogP contribution in [0.1, 0.15) is 50.0 Å². The molecular weight excluding hydrogens is 382 g/mol. The van der Waals surface area contributed by atoms with Crippen molar-refractivity contribution in [1.29, 1.82) is 0 Å². The third-order valence-electron chi connectivity index (χ3n) is 4.91. The molecule has 8 heteroatoms. The van der Waals surface area contributed by atoms with Crippen molar-refractivity contribution in [3.05, 3.63) is 41.0 Å². The van der Waals surface area contributed by atoms with E-state index in [9.17, 15) is 0 Å². The largest absolute Gasteiger partial charge is 0.493 e. The molecule has 0 aliphatic carbocycles. The number of hydrogen-bond donors (Lipinski definition) is 2. The molecule has 2 aromatic rings. The quantitative estimate of drug-likeness (QED) is 0.530. The number of aliphatic imine (C=N–C) groups is 1. The first-order valence-corrected chi connectivity index (χ1v) is 10.4. The molecule has 0 saturated carbocycles. The highest BCUT2D eigenvalue weighted by Crippen LogP contribution is 2.23. The van der Waals surface area contributed by atoms with Gasteiger partial charge in [-0.1, -0.05) is 38.1 Å². The number of ether oxygens (including phenoxy) is 2. The number of aromatic nitrogens is 2. The molecule has 2 heterocycles. The molecule has 30 heavy (non-hydrogen) atoms. The van der Waals surface area contributed by atoms with Gasteiger partial charge >= 0.3 is 0 Å². The van der Waals surface area contributed by atoms with Crippen LogP contribution in [0.2, 0.25) is 0 Å². The third kappa shape index (κ3) is 6.19. The summed E-state index contributed by atoms with van der Waals surface area (Å²) in [6, 6.07) is 6.26. The lowest BCUT2D eigenvalue weighted by Gasteiger charge is -2.16. The van der Waals surface area contributed by atoms with E-state index < -0.39 is 0 Å². The summed E-state index contributed by atoms with van der Waals surface area (Å²) < 4.78 is 16.9. The van der Waals surface area contributed by atoms with Gasteiger partial charge in [-0.25, -0.2) is 0 Å². The monoisotopic (exact) mass is 415 g/mol. The Hall–Kier alpha value is -2.61. The van der Waals surface area contributed by atoms with Crippen molar-refractivity contribution in [2.75, 3.05) is 26.9 Å². The average molecular weight is 416 g/mol. The van der Waals surface area contributed by atoms with E-state index in [1.807, 2.05) is 20.8 Å². The molecule has 0 radical (unpaired) electrons. The second-order valence-corrected chi connectivity index (χ2v) is 8.70. The highest BCUT2D eigenvalue weighted by Gasteiger charge is 2.21. The number of aryl methyl sites for hydroxylation is 1. The van der Waals surface area contributed by atoms with Crippen LogP contribution in [0.5, 0.6) is 5.75 Å². The normalized spacial score (nSPS) is 17.2. The van der Waals surface area contributed by atoms with Gasteiger partial charge in [0.25, 0.3) is 0 Å². The first kappa shape index (κ1) is 22.1. The molecule has 1 fully saturated rings. The van der Waals surface area contributed by atoms with Crippen LogP contribution >= 0.6 is 0 Å². The van der Waals surface area contributed by atoms with Crippen molar-refractivity contribution in [2.24, 2.45) is 10.9 Å². The van der Waals surface area contributed by atoms with E-state index in [1.54, 1.807) is 7.05 Å². The summed E-state index contributed by atoms with van der Waals surface area (Å²) in [4.78, 5) is 8.72. The Labute approximate surface area is 178 Å². The van der Waals surface area contributed by atoms with Crippen LogP contribution in [-0.2, 0) is 23.2 Å². The van der Waals surface area contributed by atoms with Crippen molar-refractivity contribution in [2.45, 2.75) is 52.6 Å². The molecule has 2 N–H and O–H groups in total. The maximum absolute atomic E-state index is 6.12. The minimum atomic E-state index is -0.169. The van der Waals surface area contributed by atoms with Crippen molar-refractivity contribution in [3.8, 4) is 5.75 Å². The summed E-state index contributed by atoms with van der Waals surface area (Å²) in [6.45, 7) is 11.5. The van der Waals surface area contributed by atoms with Crippen LogP contribution < -0.4 is 15.4 Å². The molecule has 3 rings (SSSR count). The van der Waals surface area contributed by atoms with Gasteiger partial charge in [-0.2, -0.15) is 4.98 Å². The Bertz CT molecular complexity index is 851. The van der Waals surface area contributed by atoms with Crippen molar-refractivity contribution >= 4 is 5.96 Å². The first-order valence-electron chi connectivity index (χ1n) is 10.4. The van der Waals surface area contributed by atoms with Crippen LogP contribution in [0.15, 0.2) is 27.7 Å². The van der Waals surface area contributed by atoms with Gasteiger partial charge in [0.15, 0.2) is 11.8 Å². The van der Waals surface area contributed by atoms with E-state index in [0.29, 0.717) is 43.3 Å². The van der Waals surface area contributed by atoms with E-state index in [0.717, 1.165) is 30.9 Å². The van der Waals surface area contributed by atoms with Crippen LogP contribution in [0.25, 0.3) is 0 Å². The minimum absolute atomic E-state index is 0.169. The van der Waals surface area contributed by atoms with Crippen molar-refractivity contribution < 1.29 is 14.0 Å². The Balaban J connectivity index is 1.54. The fraction of sp³-hybridized carbons (Fsp3) is 0.591. The maximum Gasteiger partial charge on any atom is 0.232 e. The molecule has 1 atom stereocenters. The van der Waals surface area contributed by atoms with E-state index in [1.165, 1.54) is 5.56 Å². The van der Waals surface area contributed by atoms with Gasteiger partial charge in [0, 0.05) is 37.1 Å². The summed E-state index contributed by atoms with van der Waals surface area (Å²) in [6.07, 6.45) is 1.06. The molecule has 8 nitrogen and oxygen atoms in total. The maximum atomic E-state index is 6.12. The molecule has 1 aliphatic rings. The summed E-state index contributed by atoms with van der Waals surface area (Å²) in [5, 5.41) is 10.6. The summed E-state index contributed by atoms with van der Waals surface area (Å²) in [5.41, 5.74) is 2.08. The predicted octanol–water partition coefficient (Wildman–Crippen LogP) is 2.96. The molecule has 1 aromatic carbocycles. The number of benzene rings is 1. The van der Waals surface area contributed by atoms with Crippen LogP contribution in [0.3, 0.4) is 0 Å². The van der Waals surface area contributed by atoms with Crippen molar-refractivity contribution in [1.82, 2.24) is 20.8 Å². The standard InChI is InChI=1S/C22H33N5O3/c1-15-6-7-17(18(10-15)29-14-16-8-9-28-13-16)11-24-21(23-5)25-12-19-26-20(30-27-19)22(2,3)4/h6-7,10,16H,8-9,11-14H2,1-5H3,(H2,23,24,25). The highest BCUT2D eigenvalue weighted by molar-refractivity contribution is 5.79. The lowest BCUT2D eigenvalue weighted by atomic mass is 9.97. The molecule has 164 valence electrons. The number of rotatable bonds is 7. The number of hydrogen-bond acceptors (Lipinski definition) is 6. The summed E-state index contributed by atoms with van der Waals surface area (Å²) >= 11 is 0. The van der Waals surface area contributed by atoms with Crippen molar-refractivity contribution in [3.63, 3.8) is 0 Å². The third-order valence-corrected chi connectivity index (χ3v) is 4.91. The lowest BCUT2D eigenvalue weighted by molar-refractivity contribution is 0.166. The van der Waals surface area contributed by atoms with Crippen LogP contribution in [-0.4, -0.2) is 43.0 Å². The number of nitrogens with zero attached hydrogens (tertiary/aromatic N) is 3. The summed E-state index contributed by atoms with van der Waals surface area (Å²) in [5.74, 6) is 3.25. The smallest absolute Gasteiger partial charge is 0.232 e. The second kappa shape index (κ2) is 9.93. The lowest BCUT2D eigenvalue weighted by Crippen LogP contribution is -2.36. The summed E-state index contributed by atoms with van der Waals surface area (Å²) in [7, 11) is 1.73. The average Bonchev–Trinajstić information content (AvgIpc) is 3.39. The highest BCUT2D eigenvalue weighted by atomic mass is 16.5. The Morgan fingerprint density at radius 2 is 2.07 bits per heavy atom. The van der Waals surface area contributed by atoms with Gasteiger partial charge in [-0.15, -0.1) is 0 Å². The van der Waals surface area contributed by atoms with E-state index in [2.05, 4.69) is 50.9 Å². The van der Waals surface area contributed by atoms with Gasteiger partial charge < -0.3 is 24.6 Å². The molecule has 1 saturated heterocycles. The van der Waals surface area contributed by atoms with Gasteiger partial charge in [0.2, 0.25) is 5.89 Å². The van der Waals surface area contributed by atoms with Gasteiger partial charge in [-0.3, -0.25) is 4.99 Å². The van der Waals surface area contributed by atoms with Crippen LogP contribution in [0, 0.1) is 12.8 Å². The molecule has 1 unspecified atom stereocenters. The van der Waals surface area contributed by atoms with Gasteiger partial charge in [-0.05, 0) is 25.0 Å². The fourth-order valence-electron chi connectivity index (χ4n) is 3.06. The Kier molecular flexibility index (Phi) is 7.31. The topological polar surface area (TPSA) is 93.8 Å². The second-order valence-electron chi connectivity index (χ2n) is 8.70. The van der Waals surface area contributed by atoms with Gasteiger partial charge in [0.1, 0.15) is 5.75 Å². The SMILES string of the molecule is CN=C(NCc1noc(C(C)(C)C)n1)NCc1ccc(C)cc1OCC1CCOC1. The zero-order chi connectivity index (χ0) is 21.6. The van der Waals surface area contributed by atoms with Crippen LogP contribution in [0.4, 0.5) is 0 Å². The first-order chi connectivity index (χ1) is 14.3. The zero-order valence-electron chi connectivity index (χ0n) is 18.6. The zero-order valence-corrected chi connectivity index (χ0v) is 18.6. The minimum Gasteiger partial charge on any atom is -0.493 e.